The summed E-state index contributed by atoms with van der Waals surface area (Å²) in [6.07, 6.45) is -4.46. The average Bonchev–Trinajstić information content (AvgIpc) is 2.29. The second-order valence-corrected chi connectivity index (χ2v) is 4.12. The normalized spacial score (nSPS) is 11.5. The number of rotatable bonds is 4. The zero-order valence-corrected chi connectivity index (χ0v) is 10.7. The van der Waals surface area contributed by atoms with Crippen LogP contribution in [0.5, 0.6) is 0 Å². The molecule has 19 heavy (non-hydrogen) atoms. The van der Waals surface area contributed by atoms with E-state index in [9.17, 15) is 18.0 Å². The van der Waals surface area contributed by atoms with Crippen LogP contribution in [0.3, 0.4) is 0 Å². The Balaban J connectivity index is 3.02. The number of halogens is 3. The summed E-state index contributed by atoms with van der Waals surface area (Å²) in [4.78, 5) is 12.8. The van der Waals surface area contributed by atoms with Gasteiger partial charge in [0.15, 0.2) is 0 Å². The van der Waals surface area contributed by atoms with Crippen molar-refractivity contribution in [2.24, 2.45) is 5.73 Å². The van der Waals surface area contributed by atoms with Gasteiger partial charge in [0.05, 0.1) is 17.0 Å². The van der Waals surface area contributed by atoms with Gasteiger partial charge < -0.3 is 10.6 Å². The molecule has 1 rings (SSSR count). The van der Waals surface area contributed by atoms with Crippen LogP contribution in [0.2, 0.25) is 0 Å². The van der Waals surface area contributed by atoms with Crippen molar-refractivity contribution >= 4 is 5.91 Å². The van der Waals surface area contributed by atoms with E-state index in [2.05, 4.69) is 10.2 Å². The molecule has 0 saturated heterocycles. The maximum Gasteiger partial charge on any atom is 0.406 e. The van der Waals surface area contributed by atoms with Crippen molar-refractivity contribution in [3.05, 3.63) is 23.0 Å². The molecule has 0 bridgehead atoms. The Morgan fingerprint density at radius 3 is 2.53 bits per heavy atom. The highest BCUT2D eigenvalue weighted by Crippen LogP contribution is 2.18. The van der Waals surface area contributed by atoms with E-state index in [0.717, 1.165) is 0 Å². The van der Waals surface area contributed by atoms with Gasteiger partial charge in [-0.15, -0.1) is 0 Å². The fourth-order valence-corrected chi connectivity index (χ4v) is 1.56. The maximum atomic E-state index is 12.4. The van der Waals surface area contributed by atoms with Crippen LogP contribution >= 0.6 is 0 Å². The molecule has 0 aliphatic heterocycles. The summed E-state index contributed by atoms with van der Waals surface area (Å²) >= 11 is 0. The third-order valence-electron chi connectivity index (χ3n) is 2.39. The molecule has 0 unspecified atom stereocenters. The van der Waals surface area contributed by atoms with Crippen LogP contribution in [0, 0.1) is 13.8 Å². The van der Waals surface area contributed by atoms with E-state index >= 15 is 0 Å². The van der Waals surface area contributed by atoms with Crippen molar-refractivity contribution in [2.45, 2.75) is 20.0 Å². The van der Waals surface area contributed by atoms with E-state index in [-0.39, 0.29) is 18.7 Å². The highest BCUT2D eigenvalue weighted by molar-refractivity contribution is 5.95. The van der Waals surface area contributed by atoms with Crippen molar-refractivity contribution in [1.82, 2.24) is 15.1 Å². The third-order valence-corrected chi connectivity index (χ3v) is 2.39. The van der Waals surface area contributed by atoms with Crippen LogP contribution in [0.4, 0.5) is 13.2 Å². The lowest BCUT2D eigenvalue weighted by molar-refractivity contribution is -0.140. The highest BCUT2D eigenvalue weighted by Gasteiger charge is 2.33. The Bertz CT molecular complexity index is 462. The molecular weight excluding hydrogens is 261 g/mol. The second kappa shape index (κ2) is 5.96. The van der Waals surface area contributed by atoms with Crippen molar-refractivity contribution < 1.29 is 18.0 Å². The van der Waals surface area contributed by atoms with Crippen molar-refractivity contribution in [2.75, 3.05) is 19.6 Å². The van der Waals surface area contributed by atoms with Crippen LogP contribution in [0.25, 0.3) is 0 Å². The number of hydrogen-bond acceptors (Lipinski definition) is 4. The van der Waals surface area contributed by atoms with E-state index < -0.39 is 18.6 Å². The molecule has 0 saturated carbocycles. The summed E-state index contributed by atoms with van der Waals surface area (Å²) in [5, 5.41) is 7.46. The molecule has 0 aliphatic carbocycles. The molecule has 0 aliphatic rings. The van der Waals surface area contributed by atoms with E-state index in [0.29, 0.717) is 16.3 Å². The van der Waals surface area contributed by atoms with E-state index in [4.69, 9.17) is 5.73 Å². The molecule has 1 amide bonds. The molecule has 0 radical (unpaired) electrons. The summed E-state index contributed by atoms with van der Waals surface area (Å²) in [7, 11) is 0. The lowest BCUT2D eigenvalue weighted by Crippen LogP contribution is -2.42. The molecule has 0 fully saturated rings. The molecular formula is C11H15F3N4O. The summed E-state index contributed by atoms with van der Waals surface area (Å²) < 4.78 is 37.3. The van der Waals surface area contributed by atoms with Gasteiger partial charge in [0.2, 0.25) is 0 Å². The van der Waals surface area contributed by atoms with Crippen molar-refractivity contribution in [3.8, 4) is 0 Å². The largest absolute Gasteiger partial charge is 0.406 e. The van der Waals surface area contributed by atoms with E-state index in [1.165, 1.54) is 13.0 Å². The van der Waals surface area contributed by atoms with Crippen LogP contribution in [0.1, 0.15) is 21.7 Å². The topological polar surface area (TPSA) is 72.1 Å². The molecule has 1 aromatic rings. The van der Waals surface area contributed by atoms with Gasteiger partial charge >= 0.3 is 6.18 Å². The molecule has 106 valence electrons. The highest BCUT2D eigenvalue weighted by atomic mass is 19.4. The van der Waals surface area contributed by atoms with E-state index in [1.807, 2.05) is 0 Å². The minimum atomic E-state index is -4.46. The summed E-state index contributed by atoms with van der Waals surface area (Å²) in [5.41, 5.74) is 6.12. The van der Waals surface area contributed by atoms with Crippen LogP contribution in [0.15, 0.2) is 6.07 Å². The molecule has 0 spiro atoms. The fourth-order valence-electron chi connectivity index (χ4n) is 1.56. The predicted octanol–water partition coefficient (Wildman–Crippen LogP) is 1.06. The first kappa shape index (κ1) is 15.4. The van der Waals surface area contributed by atoms with Crippen LogP contribution in [-0.4, -0.2) is 46.8 Å². The minimum Gasteiger partial charge on any atom is -0.329 e. The molecule has 5 nitrogen and oxygen atoms in total. The number of nitrogens with two attached hydrogens (primary N) is 1. The Morgan fingerprint density at radius 1 is 1.37 bits per heavy atom. The lowest BCUT2D eigenvalue weighted by Gasteiger charge is -2.23. The molecule has 2 N–H and O–H groups in total. The number of hydrogen-bond donors (Lipinski definition) is 1. The van der Waals surface area contributed by atoms with Crippen molar-refractivity contribution in [3.63, 3.8) is 0 Å². The lowest BCUT2D eigenvalue weighted by atomic mass is 10.1. The number of aromatic nitrogens is 2. The molecule has 1 heterocycles. The van der Waals surface area contributed by atoms with Gasteiger partial charge in [-0.3, -0.25) is 4.79 Å². The SMILES string of the molecule is Cc1cc(C(=O)N(CCN)CC(F)(F)F)c(C)nn1. The quantitative estimate of drug-likeness (QED) is 0.892. The number of amides is 1. The molecule has 1 aromatic heterocycles. The summed E-state index contributed by atoms with van der Waals surface area (Å²) in [6.45, 7) is 1.59. The van der Waals surface area contributed by atoms with Gasteiger partial charge in [0, 0.05) is 13.1 Å². The summed E-state index contributed by atoms with van der Waals surface area (Å²) in [6, 6.07) is 1.42. The number of alkyl halides is 3. The van der Waals surface area contributed by atoms with Gasteiger partial charge in [-0.1, -0.05) is 0 Å². The first-order valence-electron chi connectivity index (χ1n) is 5.61. The third kappa shape index (κ3) is 4.47. The van der Waals surface area contributed by atoms with Gasteiger partial charge in [-0.2, -0.15) is 23.4 Å². The minimum absolute atomic E-state index is 0.0433. The monoisotopic (exact) mass is 276 g/mol. The van der Waals surface area contributed by atoms with Crippen molar-refractivity contribution in [1.29, 1.82) is 0 Å². The first-order valence-corrected chi connectivity index (χ1v) is 5.61. The summed E-state index contributed by atoms with van der Waals surface area (Å²) in [5.74, 6) is -0.738. The second-order valence-electron chi connectivity index (χ2n) is 4.12. The zero-order valence-electron chi connectivity index (χ0n) is 10.7. The number of carbonyl (C=O) groups is 1. The van der Waals surface area contributed by atoms with Crippen LogP contribution in [-0.2, 0) is 0 Å². The number of nitrogens with zero attached hydrogens (tertiary/aromatic N) is 3. The number of carbonyl (C=O) groups excluding carboxylic acids is 1. The molecule has 0 atom stereocenters. The first-order chi connectivity index (χ1) is 8.74. The van der Waals surface area contributed by atoms with Crippen LogP contribution < -0.4 is 5.73 Å². The molecule has 8 heteroatoms. The molecule has 0 aromatic carbocycles. The average molecular weight is 276 g/mol. The van der Waals surface area contributed by atoms with Gasteiger partial charge in [0.25, 0.3) is 5.91 Å². The van der Waals surface area contributed by atoms with Gasteiger partial charge in [0.1, 0.15) is 6.54 Å². The standard InChI is InChI=1S/C11H15F3N4O/c1-7-5-9(8(2)17-16-7)10(19)18(4-3-15)6-11(12,13)14/h5H,3-4,6,15H2,1-2H3. The Labute approximate surface area is 108 Å². The van der Waals surface area contributed by atoms with Gasteiger partial charge in [-0.05, 0) is 19.9 Å². The Kier molecular flexibility index (Phi) is 4.82. The Morgan fingerprint density at radius 2 is 2.00 bits per heavy atom. The van der Waals surface area contributed by atoms with E-state index in [1.54, 1.807) is 6.92 Å². The predicted molar refractivity (Wildman–Crippen MR) is 62.5 cm³/mol. The zero-order chi connectivity index (χ0) is 14.6. The fraction of sp³-hybridized carbons (Fsp3) is 0.545. The maximum absolute atomic E-state index is 12.4. The Hall–Kier alpha value is -1.70. The van der Waals surface area contributed by atoms with Gasteiger partial charge in [-0.25, -0.2) is 0 Å². The number of aryl methyl sites for hydroxylation is 2. The smallest absolute Gasteiger partial charge is 0.329 e.